The Bertz CT molecular complexity index is 1400. The number of nitrogens with zero attached hydrogens (tertiary/aromatic N) is 4. The van der Waals surface area contributed by atoms with Gasteiger partial charge in [0.05, 0.1) is 10.4 Å². The van der Waals surface area contributed by atoms with Gasteiger partial charge in [-0.05, 0) is 49.0 Å². The van der Waals surface area contributed by atoms with Crippen molar-refractivity contribution >= 4 is 33.4 Å². The zero-order chi connectivity index (χ0) is 22.5. The number of carbonyl (C=O) groups is 2. The second-order valence-corrected chi connectivity index (χ2v) is 9.50. The lowest BCUT2D eigenvalue weighted by Crippen LogP contribution is -2.50. The highest BCUT2D eigenvalue weighted by atomic mass is 32.1. The minimum atomic E-state index is -0.0607. The van der Waals surface area contributed by atoms with Gasteiger partial charge in [-0.2, -0.15) is 9.47 Å². The van der Waals surface area contributed by atoms with E-state index < -0.39 is 0 Å². The van der Waals surface area contributed by atoms with Crippen LogP contribution in [-0.4, -0.2) is 62.4 Å². The van der Waals surface area contributed by atoms with Crippen molar-refractivity contribution in [3.8, 4) is 11.3 Å². The van der Waals surface area contributed by atoms with E-state index >= 15 is 0 Å². The Morgan fingerprint density at radius 3 is 2.55 bits per heavy atom. The average molecular weight is 458 g/mol. The molecule has 0 spiro atoms. The van der Waals surface area contributed by atoms with Crippen molar-refractivity contribution in [1.29, 1.82) is 0 Å². The number of amides is 2. The highest BCUT2D eigenvalue weighted by molar-refractivity contribution is 7.13. The first-order valence-electron chi connectivity index (χ1n) is 11.2. The highest BCUT2D eigenvalue weighted by Crippen LogP contribution is 2.34. The summed E-state index contributed by atoms with van der Waals surface area (Å²) in [5.74, 6) is -0.0977. The van der Waals surface area contributed by atoms with Crippen LogP contribution in [0.3, 0.4) is 0 Å². The number of benzene rings is 2. The summed E-state index contributed by atoms with van der Waals surface area (Å²) in [6, 6.07) is 14.3. The van der Waals surface area contributed by atoms with Crippen LogP contribution in [0.1, 0.15) is 37.7 Å². The van der Waals surface area contributed by atoms with Gasteiger partial charge in [0.25, 0.3) is 11.8 Å². The molecule has 2 aromatic heterocycles. The van der Waals surface area contributed by atoms with Gasteiger partial charge in [-0.15, -0.1) is 0 Å². The molecule has 2 amide bonds. The number of hydrogen-bond donors (Lipinski definition) is 1. The van der Waals surface area contributed by atoms with Gasteiger partial charge >= 0.3 is 0 Å². The van der Waals surface area contributed by atoms with Crippen LogP contribution in [0.5, 0.6) is 0 Å². The summed E-state index contributed by atoms with van der Waals surface area (Å²) < 4.78 is 5.45. The van der Waals surface area contributed by atoms with Crippen molar-refractivity contribution < 1.29 is 9.59 Å². The molecule has 3 heterocycles. The lowest BCUT2D eigenvalue weighted by Gasteiger charge is -2.34. The molecular weight excluding hydrogens is 434 g/mol. The van der Waals surface area contributed by atoms with Crippen LogP contribution in [0.15, 0.2) is 42.5 Å². The van der Waals surface area contributed by atoms with Gasteiger partial charge in [-0.3, -0.25) is 14.7 Å². The zero-order valence-electron chi connectivity index (χ0n) is 18.3. The van der Waals surface area contributed by atoms with E-state index in [1.807, 2.05) is 42.2 Å². The number of fused-ring (bicyclic) bond motifs is 4. The number of carbonyl (C=O) groups excluding carboxylic acids is 2. The molecule has 6 rings (SSSR count). The van der Waals surface area contributed by atoms with Gasteiger partial charge < -0.3 is 9.80 Å². The molecular formula is C25H23N5O2S. The fraction of sp³-hybridized carbons (Fsp3) is 0.280. The normalized spacial score (nSPS) is 15.4. The second-order valence-electron chi connectivity index (χ2n) is 8.70. The molecule has 2 aliphatic rings. The molecule has 7 nitrogen and oxygen atoms in total. The minimum absolute atomic E-state index is 0.0371. The summed E-state index contributed by atoms with van der Waals surface area (Å²) in [6.07, 6.45) is 1.71. The zero-order valence-corrected chi connectivity index (χ0v) is 19.1. The van der Waals surface area contributed by atoms with E-state index in [0.29, 0.717) is 37.6 Å². The molecule has 4 aromatic rings. The van der Waals surface area contributed by atoms with Crippen LogP contribution in [0, 0.1) is 6.92 Å². The first kappa shape index (κ1) is 20.1. The Morgan fingerprint density at radius 2 is 1.73 bits per heavy atom. The van der Waals surface area contributed by atoms with E-state index in [2.05, 4.69) is 26.7 Å². The molecule has 0 unspecified atom stereocenters. The Kier molecular flexibility index (Phi) is 4.76. The van der Waals surface area contributed by atoms with E-state index in [-0.39, 0.29) is 11.8 Å². The van der Waals surface area contributed by atoms with Gasteiger partial charge in [0.2, 0.25) is 0 Å². The number of H-pyrrole nitrogens is 1. The Hall–Kier alpha value is -3.52. The molecule has 8 heteroatoms. The quantitative estimate of drug-likeness (QED) is 0.498. The van der Waals surface area contributed by atoms with Gasteiger partial charge in [-0.1, -0.05) is 35.9 Å². The summed E-state index contributed by atoms with van der Waals surface area (Å²) in [6.45, 7) is 4.00. The number of rotatable bonds is 2. The molecule has 1 saturated heterocycles. The summed E-state index contributed by atoms with van der Waals surface area (Å²) in [5, 5.41) is 8.40. The van der Waals surface area contributed by atoms with E-state index in [1.165, 1.54) is 17.1 Å². The number of nitrogens with one attached hydrogen (secondary N) is 1. The summed E-state index contributed by atoms with van der Waals surface area (Å²) in [7, 11) is 0. The highest BCUT2D eigenvalue weighted by Gasteiger charge is 2.31. The predicted molar refractivity (Wildman–Crippen MR) is 128 cm³/mol. The predicted octanol–water partition coefficient (Wildman–Crippen LogP) is 3.69. The van der Waals surface area contributed by atoms with E-state index in [4.69, 9.17) is 0 Å². The van der Waals surface area contributed by atoms with Crippen molar-refractivity contribution in [1.82, 2.24) is 24.4 Å². The smallest absolute Gasteiger partial charge is 0.274 e. The fourth-order valence-corrected chi connectivity index (χ4v) is 5.61. The maximum atomic E-state index is 13.3. The average Bonchev–Trinajstić information content (AvgIpc) is 3.47. The molecule has 0 bridgehead atoms. The third-order valence-electron chi connectivity index (χ3n) is 6.68. The Morgan fingerprint density at radius 1 is 0.970 bits per heavy atom. The van der Waals surface area contributed by atoms with Crippen LogP contribution >= 0.6 is 11.5 Å². The molecule has 33 heavy (non-hydrogen) atoms. The van der Waals surface area contributed by atoms with Gasteiger partial charge in [0.15, 0.2) is 0 Å². The monoisotopic (exact) mass is 457 g/mol. The Labute approximate surface area is 195 Å². The number of aryl methyl sites for hydroxylation is 2. The summed E-state index contributed by atoms with van der Waals surface area (Å²) in [4.78, 5) is 30.1. The standard InChI is InChI=1S/C25H23N5O2S/c1-15-6-9-20-19(14-15)23(28-33-20)25(32)30-12-10-29(11-13-30)24(31)22-18-8-7-16-4-2-3-5-17(16)21(18)26-27-22/h2-6,9,14H,7-8,10-13H2,1H3,(H,26,27). The van der Waals surface area contributed by atoms with Gasteiger partial charge in [-0.25, -0.2) is 0 Å². The van der Waals surface area contributed by atoms with Gasteiger partial charge in [0.1, 0.15) is 11.4 Å². The largest absolute Gasteiger partial charge is 0.334 e. The number of piperazine rings is 1. The first-order valence-corrected chi connectivity index (χ1v) is 12.0. The third kappa shape index (κ3) is 3.33. The second kappa shape index (κ2) is 7.81. The number of aromatic nitrogens is 3. The van der Waals surface area contributed by atoms with E-state index in [0.717, 1.165) is 45.3 Å². The molecule has 2 aromatic carbocycles. The molecule has 0 atom stereocenters. The Balaban J connectivity index is 1.18. The fourth-order valence-electron chi connectivity index (χ4n) is 4.86. The minimum Gasteiger partial charge on any atom is -0.334 e. The van der Waals surface area contributed by atoms with Crippen molar-refractivity contribution in [2.75, 3.05) is 26.2 Å². The van der Waals surface area contributed by atoms with Crippen molar-refractivity contribution in [3.05, 3.63) is 70.5 Å². The molecule has 1 N–H and O–H groups in total. The maximum absolute atomic E-state index is 13.3. The van der Waals surface area contributed by atoms with Crippen LogP contribution in [0.2, 0.25) is 0 Å². The van der Waals surface area contributed by atoms with Crippen molar-refractivity contribution in [2.45, 2.75) is 19.8 Å². The molecule has 1 aliphatic carbocycles. The maximum Gasteiger partial charge on any atom is 0.274 e. The third-order valence-corrected chi connectivity index (χ3v) is 7.51. The summed E-state index contributed by atoms with van der Waals surface area (Å²) in [5.41, 5.74) is 6.47. The molecule has 0 saturated carbocycles. The first-order chi connectivity index (χ1) is 16.1. The van der Waals surface area contributed by atoms with Crippen LogP contribution in [-0.2, 0) is 12.8 Å². The van der Waals surface area contributed by atoms with Crippen molar-refractivity contribution in [3.63, 3.8) is 0 Å². The number of hydrogen-bond acceptors (Lipinski definition) is 5. The molecule has 1 aliphatic heterocycles. The lowest BCUT2D eigenvalue weighted by molar-refractivity contribution is 0.0530. The van der Waals surface area contributed by atoms with Crippen LogP contribution in [0.25, 0.3) is 21.3 Å². The van der Waals surface area contributed by atoms with E-state index in [1.54, 1.807) is 4.90 Å². The molecule has 1 fully saturated rings. The van der Waals surface area contributed by atoms with E-state index in [9.17, 15) is 9.59 Å². The topological polar surface area (TPSA) is 82.2 Å². The number of aromatic amines is 1. The SMILES string of the molecule is Cc1ccc2snc(C(=O)N3CCN(C(=O)c4[nH]nc5c4CCc4ccccc4-5)CC3)c2c1. The molecule has 0 radical (unpaired) electrons. The van der Waals surface area contributed by atoms with Crippen molar-refractivity contribution in [2.24, 2.45) is 0 Å². The van der Waals surface area contributed by atoms with Crippen LogP contribution in [0.4, 0.5) is 0 Å². The van der Waals surface area contributed by atoms with Crippen LogP contribution < -0.4 is 0 Å². The molecule has 166 valence electrons. The lowest BCUT2D eigenvalue weighted by atomic mass is 9.89. The summed E-state index contributed by atoms with van der Waals surface area (Å²) >= 11 is 1.35. The van der Waals surface area contributed by atoms with Gasteiger partial charge in [0, 0.05) is 42.7 Å².